The molecule has 10 rings (SSSR count). The lowest BCUT2D eigenvalue weighted by molar-refractivity contribution is 0.954. The van der Waals surface area contributed by atoms with Gasteiger partial charge in [0.1, 0.15) is 0 Å². The molecule has 4 heteroatoms. The van der Waals surface area contributed by atoms with Gasteiger partial charge in [0.15, 0.2) is 11.6 Å². The maximum Gasteiger partial charge on any atom is 0.238 e. The second kappa shape index (κ2) is 13.8. The van der Waals surface area contributed by atoms with Gasteiger partial charge in [-0.15, -0.1) is 0 Å². The molecule has 0 amide bonds. The van der Waals surface area contributed by atoms with Gasteiger partial charge in [0.25, 0.3) is 0 Å². The summed E-state index contributed by atoms with van der Waals surface area (Å²) in [4.78, 5) is 15.8. The molecule has 10 aromatic rings. The minimum Gasteiger partial charge on any atom is -0.278 e. The van der Waals surface area contributed by atoms with Crippen molar-refractivity contribution in [2.24, 2.45) is 0 Å². The van der Waals surface area contributed by atoms with Crippen LogP contribution in [-0.2, 0) is 0 Å². The third kappa shape index (κ3) is 5.87. The molecule has 8 aromatic carbocycles. The fourth-order valence-corrected chi connectivity index (χ4v) is 7.76. The van der Waals surface area contributed by atoms with Crippen LogP contribution in [0, 0.1) is 0 Å². The number of fused-ring (bicyclic) bond motifs is 3. The second-order valence-electron chi connectivity index (χ2n) is 13.6. The normalized spacial score (nSPS) is 11.3. The summed E-state index contributed by atoms with van der Waals surface area (Å²) in [5, 5.41) is 2.27. The van der Waals surface area contributed by atoms with Crippen molar-refractivity contribution < 1.29 is 0 Å². The number of benzene rings is 8. The molecule has 0 N–H and O–H groups in total. The maximum absolute atomic E-state index is 5.37. The summed E-state index contributed by atoms with van der Waals surface area (Å²) in [6.45, 7) is 0. The summed E-state index contributed by atoms with van der Waals surface area (Å²) in [5.41, 5.74) is 13.0. The Morgan fingerprint density at radius 3 is 1.40 bits per heavy atom. The van der Waals surface area contributed by atoms with Gasteiger partial charge in [0.05, 0.1) is 11.0 Å². The monoisotopic (exact) mass is 702 g/mol. The van der Waals surface area contributed by atoms with E-state index in [1.807, 2.05) is 24.3 Å². The molecule has 2 aromatic heterocycles. The van der Waals surface area contributed by atoms with Gasteiger partial charge in [-0.05, 0) is 62.7 Å². The molecule has 0 fully saturated rings. The molecule has 0 saturated carbocycles. The zero-order chi connectivity index (χ0) is 36.6. The van der Waals surface area contributed by atoms with Crippen LogP contribution >= 0.6 is 0 Å². The highest BCUT2D eigenvalue weighted by Gasteiger charge is 2.23. The molecule has 0 unspecified atom stereocenters. The van der Waals surface area contributed by atoms with E-state index in [0.29, 0.717) is 17.6 Å². The summed E-state index contributed by atoms with van der Waals surface area (Å²) in [7, 11) is 0. The van der Waals surface area contributed by atoms with Crippen molar-refractivity contribution in [2.45, 2.75) is 0 Å². The van der Waals surface area contributed by atoms with E-state index in [1.165, 1.54) is 11.1 Å². The summed E-state index contributed by atoms with van der Waals surface area (Å²) < 4.78 is 2.23. The van der Waals surface area contributed by atoms with Crippen LogP contribution in [0.15, 0.2) is 206 Å². The highest BCUT2D eigenvalue weighted by molar-refractivity contribution is 6.17. The van der Waals surface area contributed by atoms with Crippen molar-refractivity contribution in [2.75, 3.05) is 0 Å². The van der Waals surface area contributed by atoms with Gasteiger partial charge in [-0.2, -0.15) is 9.97 Å². The molecule has 0 bridgehead atoms. The quantitative estimate of drug-likeness (QED) is 0.166. The Morgan fingerprint density at radius 2 is 0.764 bits per heavy atom. The molecule has 0 aliphatic rings. The molecular formula is C51H34N4. The van der Waals surface area contributed by atoms with Gasteiger partial charge >= 0.3 is 0 Å². The summed E-state index contributed by atoms with van der Waals surface area (Å²) in [5.74, 6) is 1.79. The van der Waals surface area contributed by atoms with Gasteiger partial charge < -0.3 is 0 Å². The van der Waals surface area contributed by atoms with Crippen molar-refractivity contribution in [1.29, 1.82) is 0 Å². The summed E-state index contributed by atoms with van der Waals surface area (Å²) in [6.07, 6.45) is 0. The van der Waals surface area contributed by atoms with Crippen LogP contribution in [0.25, 0.3) is 95.0 Å². The Morgan fingerprint density at radius 1 is 0.291 bits per heavy atom. The predicted octanol–water partition coefficient (Wildman–Crippen LogP) is 13.0. The first kappa shape index (κ1) is 32.2. The van der Waals surface area contributed by atoms with Gasteiger partial charge in [-0.1, -0.05) is 188 Å². The Bertz CT molecular complexity index is 2950. The van der Waals surface area contributed by atoms with Crippen LogP contribution in [0.3, 0.4) is 0 Å². The van der Waals surface area contributed by atoms with E-state index in [0.717, 1.165) is 66.3 Å². The molecule has 258 valence electrons. The van der Waals surface area contributed by atoms with E-state index in [4.69, 9.17) is 15.0 Å². The smallest absolute Gasteiger partial charge is 0.238 e. The molecule has 2 heterocycles. The van der Waals surface area contributed by atoms with Gasteiger partial charge in [0.2, 0.25) is 5.95 Å². The molecule has 0 radical (unpaired) electrons. The van der Waals surface area contributed by atoms with Crippen LogP contribution in [0.1, 0.15) is 0 Å². The van der Waals surface area contributed by atoms with Crippen LogP contribution in [0.5, 0.6) is 0 Å². The highest BCUT2D eigenvalue weighted by atomic mass is 15.2. The van der Waals surface area contributed by atoms with Crippen molar-refractivity contribution in [3.63, 3.8) is 0 Å². The number of hydrogen-bond acceptors (Lipinski definition) is 3. The van der Waals surface area contributed by atoms with Gasteiger partial charge in [0, 0.05) is 21.9 Å². The number of aromatic nitrogens is 4. The molecule has 0 saturated heterocycles. The number of rotatable bonds is 7. The fraction of sp³-hybridized carbons (Fsp3) is 0. The maximum atomic E-state index is 5.37. The lowest BCUT2D eigenvalue weighted by atomic mass is 9.89. The SMILES string of the molecule is c1ccc(-c2cc(-c3ccccc3-c3ccccc3)c3c4ccccc4n(-c4nc(-c5ccccc5)nc(-c5ccccc5-c5ccccc5)n4)c3c2)cc1. The van der Waals surface area contributed by atoms with E-state index in [1.54, 1.807) is 0 Å². The van der Waals surface area contributed by atoms with Crippen LogP contribution < -0.4 is 0 Å². The average molecular weight is 703 g/mol. The minimum absolute atomic E-state index is 0.561. The zero-order valence-corrected chi connectivity index (χ0v) is 29.9. The Balaban J connectivity index is 1.31. The molecule has 0 aliphatic heterocycles. The first-order chi connectivity index (χ1) is 27.3. The van der Waals surface area contributed by atoms with Crippen molar-refractivity contribution in [3.8, 4) is 73.2 Å². The third-order valence-corrected chi connectivity index (χ3v) is 10.3. The Hall–Kier alpha value is -7.43. The Kier molecular flexibility index (Phi) is 8.12. The number of para-hydroxylation sites is 1. The summed E-state index contributed by atoms with van der Waals surface area (Å²) >= 11 is 0. The fourth-order valence-electron chi connectivity index (χ4n) is 7.76. The molecule has 4 nitrogen and oxygen atoms in total. The van der Waals surface area contributed by atoms with E-state index >= 15 is 0 Å². The molecule has 55 heavy (non-hydrogen) atoms. The number of nitrogens with zero attached hydrogens (tertiary/aromatic N) is 4. The standard InChI is InChI=1S/C51H34N4/c1-5-19-35(20-6-1)39-33-45(42-29-15-13-27-40(42)36-21-7-2-8-22-36)48-44-31-17-18-32-46(44)55(47(48)34-39)51-53-49(38-25-11-4-12-26-38)52-50(54-51)43-30-16-14-28-41(43)37-23-9-3-10-24-37/h1-34H. The van der Waals surface area contributed by atoms with E-state index in [9.17, 15) is 0 Å². The van der Waals surface area contributed by atoms with Gasteiger partial charge in [-0.3, -0.25) is 4.57 Å². The van der Waals surface area contributed by atoms with Gasteiger partial charge in [-0.25, -0.2) is 4.98 Å². The Labute approximate surface area is 319 Å². The van der Waals surface area contributed by atoms with Crippen LogP contribution in [0.2, 0.25) is 0 Å². The van der Waals surface area contributed by atoms with E-state index in [2.05, 4.69) is 187 Å². The van der Waals surface area contributed by atoms with E-state index in [-0.39, 0.29) is 0 Å². The van der Waals surface area contributed by atoms with Crippen LogP contribution in [0.4, 0.5) is 0 Å². The number of hydrogen-bond donors (Lipinski definition) is 0. The molecule has 0 atom stereocenters. The van der Waals surface area contributed by atoms with Crippen molar-refractivity contribution >= 4 is 21.8 Å². The third-order valence-electron chi connectivity index (χ3n) is 10.3. The zero-order valence-electron chi connectivity index (χ0n) is 29.9. The molecule has 0 aliphatic carbocycles. The van der Waals surface area contributed by atoms with E-state index < -0.39 is 0 Å². The second-order valence-corrected chi connectivity index (χ2v) is 13.6. The first-order valence-electron chi connectivity index (χ1n) is 18.5. The van der Waals surface area contributed by atoms with Crippen LogP contribution in [-0.4, -0.2) is 19.5 Å². The minimum atomic E-state index is 0.561. The molecule has 0 spiro atoms. The van der Waals surface area contributed by atoms with Crippen molar-refractivity contribution in [3.05, 3.63) is 206 Å². The lowest BCUT2D eigenvalue weighted by Gasteiger charge is -2.15. The average Bonchev–Trinajstić information content (AvgIpc) is 3.61. The topological polar surface area (TPSA) is 43.6 Å². The largest absolute Gasteiger partial charge is 0.278 e. The highest BCUT2D eigenvalue weighted by Crippen LogP contribution is 2.44. The first-order valence-corrected chi connectivity index (χ1v) is 18.5. The lowest BCUT2D eigenvalue weighted by Crippen LogP contribution is -2.07. The van der Waals surface area contributed by atoms with Crippen molar-refractivity contribution in [1.82, 2.24) is 19.5 Å². The molecular weight excluding hydrogens is 669 g/mol. The predicted molar refractivity (Wildman–Crippen MR) is 227 cm³/mol. The summed E-state index contributed by atoms with van der Waals surface area (Å²) in [6, 6.07) is 72.2.